The van der Waals surface area contributed by atoms with Crippen molar-refractivity contribution in [2.45, 2.75) is 12.8 Å². The smallest absolute Gasteiger partial charge is 0.0636 e. The molecule has 2 aliphatic heterocycles. The highest BCUT2D eigenvalue weighted by Crippen LogP contribution is 2.39. The molecule has 0 saturated heterocycles. The van der Waals surface area contributed by atoms with Crippen molar-refractivity contribution in [3.8, 4) is 0 Å². The summed E-state index contributed by atoms with van der Waals surface area (Å²) in [6, 6.07) is 4.15. The van der Waals surface area contributed by atoms with Gasteiger partial charge in [0.1, 0.15) is 0 Å². The molecule has 0 atom stereocenters. The molecule has 0 spiro atoms. The topological polar surface area (TPSA) is 15.3 Å². The minimum absolute atomic E-state index is 0.856. The summed E-state index contributed by atoms with van der Waals surface area (Å²) in [5, 5.41) is 4.31. The second-order valence-corrected chi connectivity index (χ2v) is 4.41. The summed E-state index contributed by atoms with van der Waals surface area (Å²) < 4.78 is 0. The van der Waals surface area contributed by atoms with Crippen LogP contribution in [0.1, 0.15) is 12.0 Å². The van der Waals surface area contributed by atoms with Crippen LogP contribution in [0.5, 0.6) is 0 Å². The van der Waals surface area contributed by atoms with Gasteiger partial charge in [-0.2, -0.15) is 0 Å². The number of hydrogen-bond donors (Lipinski definition) is 1. The molecule has 0 amide bonds. The lowest BCUT2D eigenvalue weighted by Gasteiger charge is -2.18. The Morgan fingerprint density at radius 2 is 2.21 bits per heavy atom. The van der Waals surface area contributed by atoms with Crippen molar-refractivity contribution in [1.29, 1.82) is 0 Å². The van der Waals surface area contributed by atoms with Crippen molar-refractivity contribution in [1.82, 2.24) is 0 Å². The minimum atomic E-state index is 0.856. The summed E-state index contributed by atoms with van der Waals surface area (Å²) in [5.74, 6) is 0. The summed E-state index contributed by atoms with van der Waals surface area (Å²) in [4.78, 5) is 2.47. The zero-order valence-electron chi connectivity index (χ0n) is 8.02. The van der Waals surface area contributed by atoms with Crippen molar-refractivity contribution < 1.29 is 0 Å². The maximum absolute atomic E-state index is 6.07. The van der Waals surface area contributed by atoms with Crippen LogP contribution >= 0.6 is 11.6 Å². The fraction of sp³-hybridized carbons (Fsp3) is 0.455. The Morgan fingerprint density at radius 3 is 3.14 bits per heavy atom. The van der Waals surface area contributed by atoms with Gasteiger partial charge in [-0.1, -0.05) is 11.6 Å². The van der Waals surface area contributed by atoms with E-state index in [1.165, 1.54) is 29.9 Å². The van der Waals surface area contributed by atoms with Crippen molar-refractivity contribution in [2.24, 2.45) is 0 Å². The van der Waals surface area contributed by atoms with Crippen LogP contribution in [-0.2, 0) is 6.42 Å². The normalized spacial score (nSPS) is 18.8. The molecule has 2 nitrogen and oxygen atoms in total. The van der Waals surface area contributed by atoms with E-state index in [1.54, 1.807) is 0 Å². The molecule has 3 heteroatoms. The average molecular weight is 209 g/mol. The quantitative estimate of drug-likeness (QED) is 0.705. The van der Waals surface area contributed by atoms with E-state index in [0.29, 0.717) is 0 Å². The first-order valence-electron chi connectivity index (χ1n) is 5.16. The molecule has 14 heavy (non-hydrogen) atoms. The summed E-state index contributed by atoms with van der Waals surface area (Å²) >= 11 is 6.07. The first-order valence-corrected chi connectivity index (χ1v) is 5.53. The second kappa shape index (κ2) is 3.06. The number of halogens is 1. The van der Waals surface area contributed by atoms with Crippen LogP contribution in [-0.4, -0.2) is 19.6 Å². The van der Waals surface area contributed by atoms with Crippen LogP contribution in [0.4, 0.5) is 11.4 Å². The van der Waals surface area contributed by atoms with Crippen LogP contribution in [0.15, 0.2) is 12.1 Å². The van der Waals surface area contributed by atoms with Gasteiger partial charge >= 0.3 is 0 Å². The Balaban J connectivity index is 2.18. The number of nitrogens with one attached hydrogen (secondary N) is 1. The third-order valence-electron chi connectivity index (χ3n) is 3.04. The Bertz CT molecular complexity index is 376. The lowest BCUT2D eigenvalue weighted by atomic mass is 10.1. The highest BCUT2D eigenvalue weighted by molar-refractivity contribution is 6.31. The van der Waals surface area contributed by atoms with Gasteiger partial charge in [0.15, 0.2) is 0 Å². The number of hydrogen-bond acceptors (Lipinski definition) is 2. The molecule has 0 aromatic heterocycles. The van der Waals surface area contributed by atoms with Crippen LogP contribution < -0.4 is 10.2 Å². The lowest BCUT2D eigenvalue weighted by Crippen LogP contribution is -2.20. The standard InChI is InChI=1S/C11H13ClN2/c12-9-6-8-2-5-14-4-1-3-13-10(7-9)11(8)14/h6-7,13H,1-5H2. The summed E-state index contributed by atoms with van der Waals surface area (Å²) in [5.41, 5.74) is 4.02. The predicted molar refractivity (Wildman–Crippen MR) is 60.5 cm³/mol. The van der Waals surface area contributed by atoms with E-state index in [1.807, 2.05) is 6.07 Å². The first kappa shape index (κ1) is 8.42. The van der Waals surface area contributed by atoms with E-state index >= 15 is 0 Å². The zero-order chi connectivity index (χ0) is 9.54. The molecular weight excluding hydrogens is 196 g/mol. The fourth-order valence-electron chi connectivity index (χ4n) is 2.44. The molecule has 74 valence electrons. The molecule has 3 rings (SSSR count). The molecule has 2 aliphatic rings. The van der Waals surface area contributed by atoms with Crippen molar-refractivity contribution in [3.63, 3.8) is 0 Å². The Morgan fingerprint density at radius 1 is 1.29 bits per heavy atom. The maximum Gasteiger partial charge on any atom is 0.0636 e. The highest BCUT2D eigenvalue weighted by Gasteiger charge is 2.24. The summed E-state index contributed by atoms with van der Waals surface area (Å²) in [6.07, 6.45) is 2.36. The van der Waals surface area contributed by atoms with E-state index in [0.717, 1.165) is 24.5 Å². The molecule has 0 fully saturated rings. The molecule has 1 aromatic rings. The lowest BCUT2D eigenvalue weighted by molar-refractivity contribution is 0.787. The molecule has 0 aliphatic carbocycles. The Labute approximate surface area is 88.9 Å². The van der Waals surface area contributed by atoms with E-state index in [9.17, 15) is 0 Å². The van der Waals surface area contributed by atoms with Gasteiger partial charge in [-0.3, -0.25) is 0 Å². The number of nitrogens with zero attached hydrogens (tertiary/aromatic N) is 1. The van der Waals surface area contributed by atoms with E-state index in [-0.39, 0.29) is 0 Å². The van der Waals surface area contributed by atoms with Crippen molar-refractivity contribution in [3.05, 3.63) is 22.7 Å². The molecule has 0 saturated carbocycles. The number of anilines is 2. The average Bonchev–Trinajstić information content (AvgIpc) is 2.43. The van der Waals surface area contributed by atoms with E-state index < -0.39 is 0 Å². The van der Waals surface area contributed by atoms with Crippen LogP contribution in [0.3, 0.4) is 0 Å². The molecule has 2 heterocycles. The van der Waals surface area contributed by atoms with Gasteiger partial charge < -0.3 is 10.2 Å². The monoisotopic (exact) mass is 208 g/mol. The molecule has 0 radical (unpaired) electrons. The third-order valence-corrected chi connectivity index (χ3v) is 3.26. The van der Waals surface area contributed by atoms with Crippen molar-refractivity contribution >= 4 is 23.0 Å². The van der Waals surface area contributed by atoms with Crippen LogP contribution in [0.2, 0.25) is 5.02 Å². The van der Waals surface area contributed by atoms with Gasteiger partial charge in [0, 0.05) is 24.7 Å². The summed E-state index contributed by atoms with van der Waals surface area (Å²) in [7, 11) is 0. The first-order chi connectivity index (χ1) is 6.84. The molecule has 0 bridgehead atoms. The molecule has 1 aromatic carbocycles. The number of rotatable bonds is 0. The third kappa shape index (κ3) is 1.17. The SMILES string of the molecule is Clc1cc2c3c(c1)NCCCN3CC2. The number of benzene rings is 1. The Hall–Kier alpha value is -0.890. The van der Waals surface area contributed by atoms with E-state index in [2.05, 4.69) is 16.3 Å². The van der Waals surface area contributed by atoms with Gasteiger partial charge in [0.05, 0.1) is 11.4 Å². The van der Waals surface area contributed by atoms with Crippen LogP contribution in [0, 0.1) is 0 Å². The predicted octanol–water partition coefficient (Wildman–Crippen LogP) is 2.52. The maximum atomic E-state index is 6.07. The second-order valence-electron chi connectivity index (χ2n) is 3.98. The summed E-state index contributed by atoms with van der Waals surface area (Å²) in [6.45, 7) is 3.39. The largest absolute Gasteiger partial charge is 0.383 e. The van der Waals surface area contributed by atoms with Gasteiger partial charge in [-0.15, -0.1) is 0 Å². The fourth-order valence-corrected chi connectivity index (χ4v) is 2.68. The van der Waals surface area contributed by atoms with Gasteiger partial charge in [0.2, 0.25) is 0 Å². The zero-order valence-corrected chi connectivity index (χ0v) is 8.77. The molecular formula is C11H13ClN2. The molecule has 1 N–H and O–H groups in total. The van der Waals surface area contributed by atoms with Crippen LogP contribution in [0.25, 0.3) is 0 Å². The van der Waals surface area contributed by atoms with E-state index in [4.69, 9.17) is 11.6 Å². The molecule has 0 unspecified atom stereocenters. The Kier molecular flexibility index (Phi) is 1.84. The van der Waals surface area contributed by atoms with Gasteiger partial charge in [0.25, 0.3) is 0 Å². The minimum Gasteiger partial charge on any atom is -0.383 e. The van der Waals surface area contributed by atoms with Gasteiger partial charge in [-0.05, 0) is 30.5 Å². The highest BCUT2D eigenvalue weighted by atomic mass is 35.5. The van der Waals surface area contributed by atoms with Crippen molar-refractivity contribution in [2.75, 3.05) is 29.9 Å². The van der Waals surface area contributed by atoms with Gasteiger partial charge in [-0.25, -0.2) is 0 Å².